The molecule has 0 spiro atoms. The Morgan fingerprint density at radius 2 is 2.00 bits per heavy atom. The first kappa shape index (κ1) is 16.6. The van der Waals surface area contributed by atoms with Crippen molar-refractivity contribution >= 4 is 0 Å². The van der Waals surface area contributed by atoms with Gasteiger partial charge in [0.15, 0.2) is 0 Å². The number of aryl methyl sites for hydroxylation is 1. The fourth-order valence-electron chi connectivity index (χ4n) is 4.04. The molecule has 1 aromatic heterocycles. The molecule has 0 bridgehead atoms. The van der Waals surface area contributed by atoms with Crippen LogP contribution < -0.4 is 0 Å². The molecular weight excluding hydrogens is 302 g/mol. The molecule has 0 radical (unpaired) electrons. The molecule has 2 aliphatic heterocycles. The van der Waals surface area contributed by atoms with Crippen molar-refractivity contribution in [2.75, 3.05) is 39.5 Å². The van der Waals surface area contributed by atoms with E-state index in [0.717, 1.165) is 57.9 Å². The maximum Gasteiger partial charge on any atom is 0.0736 e. The summed E-state index contributed by atoms with van der Waals surface area (Å²) in [5.74, 6) is 2.05. The molecule has 1 atom stereocenters. The van der Waals surface area contributed by atoms with Crippen molar-refractivity contribution in [1.29, 1.82) is 0 Å². The van der Waals surface area contributed by atoms with Crippen molar-refractivity contribution in [3.05, 3.63) is 17.5 Å². The molecular formula is C19H31N3O2. The first-order chi connectivity index (χ1) is 11.8. The number of hydrogen-bond acceptors (Lipinski definition) is 4. The summed E-state index contributed by atoms with van der Waals surface area (Å²) in [5.41, 5.74) is 2.70. The monoisotopic (exact) mass is 333 g/mol. The Hall–Kier alpha value is -0.910. The van der Waals surface area contributed by atoms with Gasteiger partial charge < -0.3 is 9.47 Å². The van der Waals surface area contributed by atoms with E-state index in [4.69, 9.17) is 14.6 Å². The summed E-state index contributed by atoms with van der Waals surface area (Å²) in [4.78, 5) is 2.63. The predicted molar refractivity (Wildman–Crippen MR) is 93.0 cm³/mol. The van der Waals surface area contributed by atoms with Crippen LogP contribution in [0.2, 0.25) is 0 Å². The second kappa shape index (κ2) is 7.54. The van der Waals surface area contributed by atoms with Crippen LogP contribution in [-0.2, 0) is 22.6 Å². The minimum atomic E-state index is 0.431. The third-order valence-corrected chi connectivity index (χ3v) is 5.68. The summed E-state index contributed by atoms with van der Waals surface area (Å²) < 4.78 is 13.6. The van der Waals surface area contributed by atoms with Crippen molar-refractivity contribution in [3.8, 4) is 0 Å². The topological polar surface area (TPSA) is 39.5 Å². The Labute approximate surface area is 145 Å². The van der Waals surface area contributed by atoms with E-state index in [9.17, 15) is 0 Å². The Kier molecular flexibility index (Phi) is 5.20. The molecule has 24 heavy (non-hydrogen) atoms. The molecule has 1 aliphatic carbocycles. The highest BCUT2D eigenvalue weighted by atomic mass is 16.5. The van der Waals surface area contributed by atoms with Crippen LogP contribution in [0.1, 0.15) is 49.8 Å². The van der Waals surface area contributed by atoms with Crippen LogP contribution in [0.5, 0.6) is 0 Å². The van der Waals surface area contributed by atoms with Gasteiger partial charge in [-0.25, -0.2) is 0 Å². The smallest absolute Gasteiger partial charge is 0.0736 e. The lowest BCUT2D eigenvalue weighted by Gasteiger charge is -2.35. The normalized spacial score (nSPS) is 25.8. The van der Waals surface area contributed by atoms with Crippen molar-refractivity contribution in [2.45, 2.75) is 51.6 Å². The SMILES string of the molecule is CCn1cc2c(n1)[C@@H](COCC1CC1)CN(CC1CCOCC1)C2. The van der Waals surface area contributed by atoms with Crippen LogP contribution in [0, 0.1) is 11.8 Å². The fraction of sp³-hybridized carbons (Fsp3) is 0.842. The zero-order valence-electron chi connectivity index (χ0n) is 15.0. The van der Waals surface area contributed by atoms with Gasteiger partial charge >= 0.3 is 0 Å². The number of nitrogens with zero attached hydrogens (tertiary/aromatic N) is 3. The van der Waals surface area contributed by atoms with E-state index in [1.807, 2.05) is 0 Å². The van der Waals surface area contributed by atoms with Crippen LogP contribution in [0.4, 0.5) is 0 Å². The molecule has 2 fully saturated rings. The highest BCUT2D eigenvalue weighted by molar-refractivity contribution is 5.24. The second-order valence-electron chi connectivity index (χ2n) is 7.82. The van der Waals surface area contributed by atoms with Gasteiger partial charge in [-0.05, 0) is 44.4 Å². The average molecular weight is 333 g/mol. The lowest BCUT2D eigenvalue weighted by Crippen LogP contribution is -2.39. The van der Waals surface area contributed by atoms with Gasteiger partial charge in [0.1, 0.15) is 0 Å². The number of ether oxygens (including phenoxy) is 2. The van der Waals surface area contributed by atoms with Gasteiger partial charge in [0.2, 0.25) is 0 Å². The largest absolute Gasteiger partial charge is 0.381 e. The quantitative estimate of drug-likeness (QED) is 0.769. The van der Waals surface area contributed by atoms with E-state index in [2.05, 4.69) is 22.7 Å². The minimum absolute atomic E-state index is 0.431. The van der Waals surface area contributed by atoms with Crippen LogP contribution in [0.3, 0.4) is 0 Å². The van der Waals surface area contributed by atoms with Crippen molar-refractivity contribution in [3.63, 3.8) is 0 Å². The third-order valence-electron chi connectivity index (χ3n) is 5.68. The number of aromatic nitrogens is 2. The Morgan fingerprint density at radius 3 is 2.75 bits per heavy atom. The van der Waals surface area contributed by atoms with E-state index < -0.39 is 0 Å². The lowest BCUT2D eigenvalue weighted by molar-refractivity contribution is 0.0430. The molecule has 134 valence electrons. The molecule has 1 saturated heterocycles. The van der Waals surface area contributed by atoms with E-state index in [0.29, 0.717) is 5.92 Å². The van der Waals surface area contributed by atoms with Gasteiger partial charge in [-0.15, -0.1) is 0 Å². The Balaban J connectivity index is 1.41. The first-order valence-corrected chi connectivity index (χ1v) is 9.76. The lowest BCUT2D eigenvalue weighted by atomic mass is 9.94. The predicted octanol–water partition coefficient (Wildman–Crippen LogP) is 2.66. The molecule has 5 nitrogen and oxygen atoms in total. The van der Waals surface area contributed by atoms with Crippen molar-refractivity contribution < 1.29 is 9.47 Å². The highest BCUT2D eigenvalue weighted by Crippen LogP contribution is 2.32. The zero-order valence-corrected chi connectivity index (χ0v) is 15.0. The van der Waals surface area contributed by atoms with E-state index >= 15 is 0 Å². The molecule has 1 aromatic rings. The van der Waals surface area contributed by atoms with Crippen LogP contribution in [0.15, 0.2) is 6.20 Å². The summed E-state index contributed by atoms with van der Waals surface area (Å²) >= 11 is 0. The van der Waals surface area contributed by atoms with E-state index in [-0.39, 0.29) is 0 Å². The highest BCUT2D eigenvalue weighted by Gasteiger charge is 2.31. The molecule has 0 amide bonds. The molecule has 0 aromatic carbocycles. The van der Waals surface area contributed by atoms with E-state index in [1.54, 1.807) is 0 Å². The second-order valence-corrected chi connectivity index (χ2v) is 7.82. The van der Waals surface area contributed by atoms with Crippen molar-refractivity contribution in [1.82, 2.24) is 14.7 Å². The first-order valence-electron chi connectivity index (χ1n) is 9.76. The van der Waals surface area contributed by atoms with Gasteiger partial charge in [0.25, 0.3) is 0 Å². The molecule has 3 heterocycles. The summed E-state index contributed by atoms with van der Waals surface area (Å²) in [7, 11) is 0. The van der Waals surface area contributed by atoms with Gasteiger partial charge in [0.05, 0.1) is 12.3 Å². The van der Waals surface area contributed by atoms with Gasteiger partial charge in [-0.3, -0.25) is 9.58 Å². The fourth-order valence-corrected chi connectivity index (χ4v) is 4.04. The molecule has 1 saturated carbocycles. The standard InChI is InChI=1S/C19H31N3O2/c1-2-22-12-17-10-21(9-15-5-7-23-8-6-15)11-18(19(17)20-22)14-24-13-16-3-4-16/h12,15-16,18H,2-11,13-14H2,1H3/t18-/m1/s1. The number of rotatable bonds is 7. The van der Waals surface area contributed by atoms with E-state index in [1.165, 1.54) is 43.5 Å². The molecule has 5 heteroatoms. The van der Waals surface area contributed by atoms with Gasteiger partial charge in [-0.2, -0.15) is 5.10 Å². The number of hydrogen-bond donors (Lipinski definition) is 0. The molecule has 0 N–H and O–H groups in total. The van der Waals surface area contributed by atoms with Crippen LogP contribution in [0.25, 0.3) is 0 Å². The minimum Gasteiger partial charge on any atom is -0.381 e. The zero-order chi connectivity index (χ0) is 16.4. The maximum absolute atomic E-state index is 6.04. The third kappa shape index (κ3) is 4.01. The Morgan fingerprint density at radius 1 is 1.17 bits per heavy atom. The van der Waals surface area contributed by atoms with Gasteiger partial charge in [-0.1, -0.05) is 0 Å². The van der Waals surface area contributed by atoms with Gasteiger partial charge in [0, 0.05) is 63.7 Å². The maximum atomic E-state index is 6.04. The average Bonchev–Trinajstić information content (AvgIpc) is 3.32. The summed E-state index contributed by atoms with van der Waals surface area (Å²) in [6.45, 7) is 10.1. The molecule has 3 aliphatic rings. The van der Waals surface area contributed by atoms with Crippen LogP contribution in [-0.4, -0.2) is 54.2 Å². The summed E-state index contributed by atoms with van der Waals surface area (Å²) in [6, 6.07) is 0. The molecule has 4 rings (SSSR count). The van der Waals surface area contributed by atoms with Crippen LogP contribution >= 0.6 is 0 Å². The summed E-state index contributed by atoms with van der Waals surface area (Å²) in [5, 5.41) is 4.84. The van der Waals surface area contributed by atoms with Crippen molar-refractivity contribution in [2.24, 2.45) is 11.8 Å². The summed E-state index contributed by atoms with van der Waals surface area (Å²) in [6.07, 6.45) is 7.38. The Bertz CT molecular complexity index is 535. The molecule has 0 unspecified atom stereocenters. The number of fused-ring (bicyclic) bond motifs is 1.